The molecule has 0 saturated carbocycles. The summed E-state index contributed by atoms with van der Waals surface area (Å²) >= 11 is 4.13. The third-order valence-corrected chi connectivity index (χ3v) is 6.38. The fourth-order valence-electron chi connectivity index (χ4n) is 3.23. The maximum Gasteiger partial charge on any atom is 0.344 e. The molecule has 0 bridgehead atoms. The number of imide groups is 1. The zero-order valence-electron chi connectivity index (χ0n) is 17.2. The Balaban J connectivity index is 1.53. The van der Waals surface area contributed by atoms with Crippen molar-refractivity contribution >= 4 is 67.6 Å². The maximum absolute atomic E-state index is 12.8. The molecule has 2 amide bonds. The highest BCUT2D eigenvalue weighted by atomic mass is 79.9. The number of carbonyl (C=O) groups is 4. The Kier molecular flexibility index (Phi) is 6.62. The summed E-state index contributed by atoms with van der Waals surface area (Å²) in [4.78, 5) is 49.7. The van der Waals surface area contributed by atoms with Gasteiger partial charge in [-0.15, -0.1) is 0 Å². The van der Waals surface area contributed by atoms with Gasteiger partial charge in [-0.05, 0) is 68.3 Å². The third kappa shape index (κ3) is 4.84. The van der Waals surface area contributed by atoms with Crippen molar-refractivity contribution in [2.24, 2.45) is 0 Å². The number of amides is 2. The number of halogens is 1. The Hall–Kier alpha value is -3.43. The number of rotatable bonds is 5. The van der Waals surface area contributed by atoms with Crippen LogP contribution in [-0.2, 0) is 14.3 Å². The molecule has 3 aromatic rings. The molecule has 0 aromatic heterocycles. The summed E-state index contributed by atoms with van der Waals surface area (Å²) < 4.78 is 10.6. The molecule has 166 valence electrons. The number of benzene rings is 3. The lowest BCUT2D eigenvalue weighted by atomic mass is 10.0. The Morgan fingerprint density at radius 1 is 1.06 bits per heavy atom. The van der Waals surface area contributed by atoms with Crippen LogP contribution in [0.2, 0.25) is 0 Å². The number of fused-ring (bicyclic) bond motifs is 1. The van der Waals surface area contributed by atoms with Crippen LogP contribution < -0.4 is 4.74 Å². The van der Waals surface area contributed by atoms with Crippen molar-refractivity contribution < 1.29 is 28.7 Å². The number of methoxy groups -OCH3 is 1. The summed E-state index contributed by atoms with van der Waals surface area (Å²) in [6, 6.07) is 17.9. The van der Waals surface area contributed by atoms with Crippen molar-refractivity contribution in [2.75, 3.05) is 13.7 Å². The number of ether oxygens (including phenoxy) is 2. The molecule has 0 N–H and O–H groups in total. The lowest BCUT2D eigenvalue weighted by molar-refractivity contribution is -0.143. The minimum atomic E-state index is -0.682. The van der Waals surface area contributed by atoms with E-state index in [4.69, 9.17) is 4.74 Å². The van der Waals surface area contributed by atoms with Gasteiger partial charge in [0.1, 0.15) is 12.3 Å². The van der Waals surface area contributed by atoms with Gasteiger partial charge < -0.3 is 9.47 Å². The predicted molar refractivity (Wildman–Crippen MR) is 128 cm³/mol. The fraction of sp³-hybridized carbons (Fsp3) is 0.0833. The van der Waals surface area contributed by atoms with Gasteiger partial charge in [-0.1, -0.05) is 42.5 Å². The predicted octanol–water partition coefficient (Wildman–Crippen LogP) is 5.03. The Bertz CT molecular complexity index is 1330. The van der Waals surface area contributed by atoms with Crippen LogP contribution in [0.15, 0.2) is 70.0 Å². The molecule has 7 nitrogen and oxygen atoms in total. The van der Waals surface area contributed by atoms with Gasteiger partial charge in [0.25, 0.3) is 11.1 Å². The summed E-state index contributed by atoms with van der Waals surface area (Å²) in [5.74, 6) is -1.44. The van der Waals surface area contributed by atoms with Gasteiger partial charge in [0.05, 0.1) is 22.1 Å². The second kappa shape index (κ2) is 9.60. The number of hydrogen-bond acceptors (Lipinski definition) is 7. The van der Waals surface area contributed by atoms with E-state index in [1.807, 2.05) is 30.3 Å². The van der Waals surface area contributed by atoms with Crippen molar-refractivity contribution in [1.29, 1.82) is 0 Å². The lowest BCUT2D eigenvalue weighted by Crippen LogP contribution is -2.34. The van der Waals surface area contributed by atoms with Gasteiger partial charge in [-0.3, -0.25) is 19.3 Å². The molecule has 33 heavy (non-hydrogen) atoms. The Morgan fingerprint density at radius 3 is 2.58 bits per heavy atom. The third-order valence-electron chi connectivity index (χ3n) is 4.85. The maximum atomic E-state index is 12.8. The highest BCUT2D eigenvalue weighted by molar-refractivity contribution is 9.10. The van der Waals surface area contributed by atoms with E-state index in [0.29, 0.717) is 21.3 Å². The van der Waals surface area contributed by atoms with Crippen LogP contribution in [0.5, 0.6) is 5.75 Å². The van der Waals surface area contributed by atoms with Crippen LogP contribution >= 0.6 is 27.7 Å². The Labute approximate surface area is 201 Å². The van der Waals surface area contributed by atoms with Crippen molar-refractivity contribution in [1.82, 2.24) is 4.90 Å². The smallest absolute Gasteiger partial charge is 0.344 e. The topological polar surface area (TPSA) is 90.0 Å². The molecule has 1 fully saturated rings. The van der Waals surface area contributed by atoms with Gasteiger partial charge in [0.15, 0.2) is 0 Å². The van der Waals surface area contributed by atoms with Crippen LogP contribution in [0.25, 0.3) is 16.8 Å². The highest BCUT2D eigenvalue weighted by Crippen LogP contribution is 2.34. The van der Waals surface area contributed by atoms with E-state index in [0.717, 1.165) is 27.4 Å². The first-order valence-electron chi connectivity index (χ1n) is 9.69. The molecule has 0 unspecified atom stereocenters. The zero-order chi connectivity index (χ0) is 23.5. The normalized spacial score (nSPS) is 14.7. The van der Waals surface area contributed by atoms with Crippen molar-refractivity contribution in [3.05, 3.63) is 81.2 Å². The molecule has 4 rings (SSSR count). The van der Waals surface area contributed by atoms with Crippen LogP contribution in [0.4, 0.5) is 4.79 Å². The molecule has 0 atom stereocenters. The number of thioether (sulfide) groups is 1. The standard InChI is InChI=1S/C24H16BrNO6S/c1-31-21(27)13-26-22(28)20(33-24(26)30)12-14-9-10-19(18(25)11-14)32-23(29)17-8-4-6-15-5-2-3-7-16(15)17/h2-12H,13H2,1H3/b20-12-. The molecule has 1 aliphatic heterocycles. The minimum absolute atomic E-state index is 0.177. The van der Waals surface area contributed by atoms with Gasteiger partial charge in [0.2, 0.25) is 0 Å². The van der Waals surface area contributed by atoms with E-state index in [-0.39, 0.29) is 4.91 Å². The molecule has 0 radical (unpaired) electrons. The first kappa shape index (κ1) is 22.8. The van der Waals surface area contributed by atoms with E-state index in [2.05, 4.69) is 20.7 Å². The van der Waals surface area contributed by atoms with E-state index in [9.17, 15) is 19.2 Å². The molecule has 1 aliphatic rings. The fourth-order valence-corrected chi connectivity index (χ4v) is 4.54. The average molecular weight is 526 g/mol. The first-order valence-corrected chi connectivity index (χ1v) is 11.3. The van der Waals surface area contributed by atoms with E-state index < -0.39 is 29.6 Å². The van der Waals surface area contributed by atoms with Gasteiger partial charge in [-0.25, -0.2) is 4.79 Å². The lowest BCUT2D eigenvalue weighted by Gasteiger charge is -2.10. The summed E-state index contributed by atoms with van der Waals surface area (Å²) in [5.41, 5.74) is 1.05. The number of esters is 2. The molecular weight excluding hydrogens is 510 g/mol. The minimum Gasteiger partial charge on any atom is -0.468 e. The number of carbonyl (C=O) groups excluding carboxylic acids is 4. The summed E-state index contributed by atoms with van der Waals surface area (Å²) in [6.07, 6.45) is 1.53. The van der Waals surface area contributed by atoms with Gasteiger partial charge in [0, 0.05) is 0 Å². The molecule has 0 aliphatic carbocycles. The molecular formula is C24H16BrNO6S. The second-order valence-corrected chi connectivity index (χ2v) is 8.80. The van der Waals surface area contributed by atoms with Crippen LogP contribution in [0.3, 0.4) is 0 Å². The van der Waals surface area contributed by atoms with Crippen LogP contribution in [-0.4, -0.2) is 41.6 Å². The average Bonchev–Trinajstić information content (AvgIpc) is 3.07. The van der Waals surface area contributed by atoms with E-state index in [1.165, 1.54) is 13.2 Å². The van der Waals surface area contributed by atoms with E-state index in [1.54, 1.807) is 30.3 Å². The molecule has 3 aromatic carbocycles. The summed E-state index contributed by atoms with van der Waals surface area (Å²) in [5, 5.41) is 1.18. The SMILES string of the molecule is COC(=O)CN1C(=O)S/C(=C\c2ccc(OC(=O)c3cccc4ccccc34)c(Br)c2)C1=O. The molecule has 0 spiro atoms. The molecule has 1 heterocycles. The van der Waals surface area contributed by atoms with Crippen LogP contribution in [0, 0.1) is 0 Å². The van der Waals surface area contributed by atoms with Crippen LogP contribution in [0.1, 0.15) is 15.9 Å². The monoisotopic (exact) mass is 525 g/mol. The zero-order valence-corrected chi connectivity index (χ0v) is 19.6. The van der Waals surface area contributed by atoms with Gasteiger partial charge >= 0.3 is 11.9 Å². The van der Waals surface area contributed by atoms with Crippen molar-refractivity contribution in [3.8, 4) is 5.75 Å². The van der Waals surface area contributed by atoms with Crippen molar-refractivity contribution in [2.45, 2.75) is 0 Å². The molecule has 9 heteroatoms. The van der Waals surface area contributed by atoms with Crippen molar-refractivity contribution in [3.63, 3.8) is 0 Å². The number of hydrogen-bond donors (Lipinski definition) is 0. The second-order valence-electron chi connectivity index (χ2n) is 6.95. The number of nitrogens with zero attached hydrogens (tertiary/aromatic N) is 1. The molecule has 1 saturated heterocycles. The van der Waals surface area contributed by atoms with E-state index >= 15 is 0 Å². The first-order chi connectivity index (χ1) is 15.9. The summed E-state index contributed by atoms with van der Waals surface area (Å²) in [7, 11) is 1.18. The highest BCUT2D eigenvalue weighted by Gasteiger charge is 2.36. The quantitative estimate of drug-likeness (QED) is 0.262. The van der Waals surface area contributed by atoms with Gasteiger partial charge in [-0.2, -0.15) is 0 Å². The Morgan fingerprint density at radius 2 is 1.82 bits per heavy atom. The summed E-state index contributed by atoms with van der Waals surface area (Å²) in [6.45, 7) is -0.439. The largest absolute Gasteiger partial charge is 0.468 e.